The smallest absolute Gasteiger partial charge is 0.238 e. The Balaban J connectivity index is 1.47. The Labute approximate surface area is 168 Å². The summed E-state index contributed by atoms with van der Waals surface area (Å²) in [6.45, 7) is 11.4. The summed E-state index contributed by atoms with van der Waals surface area (Å²) >= 11 is 0. The van der Waals surface area contributed by atoms with Crippen molar-refractivity contribution in [2.45, 2.75) is 26.8 Å². The molecular weight excluding hydrogens is 350 g/mol. The predicted molar refractivity (Wildman–Crippen MR) is 116 cm³/mol. The molecule has 1 aliphatic heterocycles. The average molecular weight is 382 g/mol. The van der Waals surface area contributed by atoms with Gasteiger partial charge in [0.05, 0.1) is 6.54 Å². The second-order valence-electron chi connectivity index (χ2n) is 7.43. The van der Waals surface area contributed by atoms with E-state index >= 15 is 0 Å². The number of piperazine rings is 1. The summed E-state index contributed by atoms with van der Waals surface area (Å²) in [7, 11) is 0. The Bertz CT molecular complexity index is 739. The Morgan fingerprint density at radius 2 is 1.82 bits per heavy atom. The van der Waals surface area contributed by atoms with Gasteiger partial charge in [0, 0.05) is 56.3 Å². The molecule has 6 heteroatoms. The van der Waals surface area contributed by atoms with Crippen LogP contribution < -0.4 is 15.1 Å². The molecule has 0 atom stereocenters. The molecule has 3 rings (SSSR count). The number of nitrogens with one attached hydrogen (secondary N) is 1. The van der Waals surface area contributed by atoms with Crippen LogP contribution in [0.1, 0.15) is 20.8 Å². The maximum Gasteiger partial charge on any atom is 0.238 e. The minimum atomic E-state index is 0.0373. The lowest BCUT2D eigenvalue weighted by molar-refractivity contribution is -0.117. The number of nitrogens with zero attached hydrogens (tertiary/aromatic N) is 4. The third-order valence-electron chi connectivity index (χ3n) is 5.16. The highest BCUT2D eigenvalue weighted by Gasteiger charge is 2.19. The fourth-order valence-corrected chi connectivity index (χ4v) is 3.66. The van der Waals surface area contributed by atoms with Gasteiger partial charge in [0.15, 0.2) is 0 Å². The highest BCUT2D eigenvalue weighted by molar-refractivity contribution is 5.92. The van der Waals surface area contributed by atoms with E-state index in [1.54, 1.807) is 0 Å². The monoisotopic (exact) mass is 381 g/mol. The topological polar surface area (TPSA) is 51.7 Å². The van der Waals surface area contributed by atoms with Crippen molar-refractivity contribution in [3.8, 4) is 0 Å². The SMILES string of the molecule is CCN(c1ccc(NC(=O)CN2CCN(c3ccccn3)CC2)cc1)C(C)C. The van der Waals surface area contributed by atoms with Gasteiger partial charge in [0.25, 0.3) is 0 Å². The molecule has 28 heavy (non-hydrogen) atoms. The fraction of sp³-hybridized carbons (Fsp3) is 0.455. The lowest BCUT2D eigenvalue weighted by Gasteiger charge is -2.34. The van der Waals surface area contributed by atoms with Crippen molar-refractivity contribution >= 4 is 23.1 Å². The number of anilines is 3. The number of carbonyl (C=O) groups excluding carboxylic acids is 1. The molecule has 0 spiro atoms. The first-order valence-corrected chi connectivity index (χ1v) is 10.1. The van der Waals surface area contributed by atoms with Gasteiger partial charge in [0.2, 0.25) is 5.91 Å². The Hall–Kier alpha value is -2.60. The molecule has 0 bridgehead atoms. The van der Waals surface area contributed by atoms with Crippen molar-refractivity contribution in [3.05, 3.63) is 48.7 Å². The maximum atomic E-state index is 12.4. The molecule has 0 unspecified atom stereocenters. The predicted octanol–water partition coefficient (Wildman–Crippen LogP) is 3.08. The molecule has 1 amide bonds. The lowest BCUT2D eigenvalue weighted by Crippen LogP contribution is -2.48. The fourth-order valence-electron chi connectivity index (χ4n) is 3.66. The van der Waals surface area contributed by atoms with E-state index in [1.807, 2.05) is 36.5 Å². The van der Waals surface area contributed by atoms with Crippen molar-refractivity contribution in [2.75, 3.05) is 54.4 Å². The van der Waals surface area contributed by atoms with Crippen LogP contribution in [-0.2, 0) is 4.79 Å². The molecule has 1 aromatic carbocycles. The molecule has 1 aromatic heterocycles. The van der Waals surface area contributed by atoms with Crippen molar-refractivity contribution < 1.29 is 4.79 Å². The second kappa shape index (κ2) is 9.55. The first kappa shape index (κ1) is 20.1. The molecule has 1 fully saturated rings. The lowest BCUT2D eigenvalue weighted by atomic mass is 10.2. The number of hydrogen-bond donors (Lipinski definition) is 1. The van der Waals surface area contributed by atoms with E-state index in [9.17, 15) is 4.79 Å². The highest BCUT2D eigenvalue weighted by Crippen LogP contribution is 2.20. The molecule has 150 valence electrons. The molecule has 2 heterocycles. The molecule has 6 nitrogen and oxygen atoms in total. The summed E-state index contributed by atoms with van der Waals surface area (Å²) in [5, 5.41) is 3.02. The van der Waals surface area contributed by atoms with Crippen LogP contribution in [0.4, 0.5) is 17.2 Å². The zero-order chi connectivity index (χ0) is 19.9. The van der Waals surface area contributed by atoms with Gasteiger partial charge in [-0.3, -0.25) is 9.69 Å². The summed E-state index contributed by atoms with van der Waals surface area (Å²) in [6.07, 6.45) is 1.82. The number of benzene rings is 1. The van der Waals surface area contributed by atoms with Crippen LogP contribution in [0.5, 0.6) is 0 Å². The quantitative estimate of drug-likeness (QED) is 0.799. The van der Waals surface area contributed by atoms with Crippen LogP contribution >= 0.6 is 0 Å². The molecule has 0 saturated carbocycles. The summed E-state index contributed by atoms with van der Waals surface area (Å²) in [6, 6.07) is 14.5. The number of aromatic nitrogens is 1. The minimum Gasteiger partial charge on any atom is -0.369 e. The Kier molecular flexibility index (Phi) is 6.87. The largest absolute Gasteiger partial charge is 0.369 e. The number of rotatable bonds is 7. The van der Waals surface area contributed by atoms with Crippen molar-refractivity contribution in [3.63, 3.8) is 0 Å². The maximum absolute atomic E-state index is 12.4. The van der Waals surface area contributed by atoms with Gasteiger partial charge >= 0.3 is 0 Å². The average Bonchev–Trinajstić information content (AvgIpc) is 2.71. The van der Waals surface area contributed by atoms with Crippen molar-refractivity contribution in [2.24, 2.45) is 0 Å². The Morgan fingerprint density at radius 1 is 1.11 bits per heavy atom. The summed E-state index contributed by atoms with van der Waals surface area (Å²) < 4.78 is 0. The van der Waals surface area contributed by atoms with Crippen LogP contribution in [-0.4, -0.2) is 61.1 Å². The van der Waals surface area contributed by atoms with Crippen LogP contribution in [0.3, 0.4) is 0 Å². The van der Waals surface area contributed by atoms with E-state index in [0.29, 0.717) is 12.6 Å². The highest BCUT2D eigenvalue weighted by atomic mass is 16.2. The summed E-state index contributed by atoms with van der Waals surface area (Å²) in [5.74, 6) is 1.05. The third kappa shape index (κ3) is 5.23. The van der Waals surface area contributed by atoms with Crippen LogP contribution in [0, 0.1) is 0 Å². The van der Waals surface area contributed by atoms with Gasteiger partial charge in [-0.2, -0.15) is 0 Å². The van der Waals surface area contributed by atoms with Gasteiger partial charge in [-0.1, -0.05) is 6.07 Å². The van der Waals surface area contributed by atoms with Crippen LogP contribution in [0.2, 0.25) is 0 Å². The summed E-state index contributed by atoms with van der Waals surface area (Å²) in [5.41, 5.74) is 2.03. The number of carbonyl (C=O) groups is 1. The summed E-state index contributed by atoms with van der Waals surface area (Å²) in [4.78, 5) is 23.6. The first-order valence-electron chi connectivity index (χ1n) is 10.1. The van der Waals surface area contributed by atoms with Gasteiger partial charge in [0.1, 0.15) is 5.82 Å². The standard InChI is InChI=1S/C22H31N5O/c1-4-27(18(2)3)20-10-8-19(9-11-20)24-22(28)17-25-13-15-26(16-14-25)21-7-5-6-12-23-21/h5-12,18H,4,13-17H2,1-3H3,(H,24,28). The molecule has 1 N–H and O–H groups in total. The molecule has 0 aliphatic carbocycles. The molecule has 2 aromatic rings. The zero-order valence-corrected chi connectivity index (χ0v) is 17.1. The first-order chi connectivity index (χ1) is 13.6. The van der Waals surface area contributed by atoms with Gasteiger partial charge in [-0.05, 0) is 57.2 Å². The minimum absolute atomic E-state index is 0.0373. The third-order valence-corrected chi connectivity index (χ3v) is 5.16. The van der Waals surface area contributed by atoms with Gasteiger partial charge in [-0.15, -0.1) is 0 Å². The van der Waals surface area contributed by atoms with E-state index in [4.69, 9.17) is 0 Å². The zero-order valence-electron chi connectivity index (χ0n) is 17.1. The van der Waals surface area contributed by atoms with E-state index in [2.05, 4.69) is 57.9 Å². The second-order valence-corrected chi connectivity index (χ2v) is 7.43. The molecule has 1 saturated heterocycles. The number of hydrogen-bond acceptors (Lipinski definition) is 5. The molecular formula is C22H31N5O. The van der Waals surface area contributed by atoms with Crippen LogP contribution in [0.25, 0.3) is 0 Å². The van der Waals surface area contributed by atoms with E-state index in [0.717, 1.165) is 44.2 Å². The van der Waals surface area contributed by atoms with Crippen LogP contribution in [0.15, 0.2) is 48.7 Å². The van der Waals surface area contributed by atoms with Gasteiger partial charge in [-0.25, -0.2) is 4.98 Å². The van der Waals surface area contributed by atoms with E-state index in [-0.39, 0.29) is 5.91 Å². The van der Waals surface area contributed by atoms with E-state index in [1.165, 1.54) is 5.69 Å². The number of pyridine rings is 1. The number of amides is 1. The molecule has 1 aliphatic rings. The molecule has 0 radical (unpaired) electrons. The Morgan fingerprint density at radius 3 is 2.39 bits per heavy atom. The van der Waals surface area contributed by atoms with E-state index < -0.39 is 0 Å². The normalized spacial score (nSPS) is 14.9. The van der Waals surface area contributed by atoms with Crippen molar-refractivity contribution in [1.29, 1.82) is 0 Å². The van der Waals surface area contributed by atoms with Gasteiger partial charge < -0.3 is 15.1 Å². The van der Waals surface area contributed by atoms with Crippen molar-refractivity contribution in [1.82, 2.24) is 9.88 Å².